The molecule has 2 rings (SSSR count). The average molecular weight is 309 g/mol. The minimum absolute atomic E-state index is 0.128. The Balaban J connectivity index is 2.00. The van der Waals surface area contributed by atoms with Crippen LogP contribution in [0.3, 0.4) is 0 Å². The highest BCUT2D eigenvalue weighted by Gasteiger charge is 2.10. The van der Waals surface area contributed by atoms with Crippen LogP contribution < -0.4 is 5.32 Å². The Labute approximate surface area is 113 Å². The van der Waals surface area contributed by atoms with E-state index in [2.05, 4.69) is 21.2 Å². The van der Waals surface area contributed by atoms with E-state index < -0.39 is 0 Å². The van der Waals surface area contributed by atoms with E-state index in [1.807, 2.05) is 13.2 Å². The van der Waals surface area contributed by atoms with Gasteiger partial charge in [0.15, 0.2) is 0 Å². The van der Waals surface area contributed by atoms with Crippen molar-refractivity contribution in [3.63, 3.8) is 0 Å². The third-order valence-electron chi connectivity index (χ3n) is 2.59. The van der Waals surface area contributed by atoms with Crippen molar-refractivity contribution >= 4 is 21.8 Å². The summed E-state index contributed by atoms with van der Waals surface area (Å²) >= 11 is 3.33. The summed E-state index contributed by atoms with van der Waals surface area (Å²) in [5.41, 5.74) is 1.54. The third kappa shape index (κ3) is 2.92. The van der Waals surface area contributed by atoms with Gasteiger partial charge < -0.3 is 15.0 Å². The number of aromatic hydroxyl groups is 1. The first kappa shape index (κ1) is 12.7. The Morgan fingerprint density at radius 1 is 1.39 bits per heavy atom. The highest BCUT2D eigenvalue weighted by molar-refractivity contribution is 9.10. The van der Waals surface area contributed by atoms with Crippen LogP contribution >= 0.6 is 15.9 Å². The van der Waals surface area contributed by atoms with Crippen LogP contribution in [0.2, 0.25) is 0 Å². The van der Waals surface area contributed by atoms with Gasteiger partial charge in [0, 0.05) is 24.3 Å². The molecule has 1 aromatic carbocycles. The first-order valence-electron chi connectivity index (χ1n) is 5.44. The van der Waals surface area contributed by atoms with Crippen molar-refractivity contribution in [3.05, 3.63) is 52.3 Å². The molecule has 0 radical (unpaired) electrons. The zero-order chi connectivity index (χ0) is 13.1. The number of benzene rings is 1. The van der Waals surface area contributed by atoms with Crippen molar-refractivity contribution in [3.8, 4) is 5.75 Å². The smallest absolute Gasteiger partial charge is 0.268 e. The zero-order valence-electron chi connectivity index (χ0n) is 9.85. The van der Waals surface area contributed by atoms with E-state index in [1.54, 1.807) is 34.9 Å². The van der Waals surface area contributed by atoms with Crippen LogP contribution in [0, 0.1) is 0 Å². The molecular weight excluding hydrogens is 296 g/mol. The van der Waals surface area contributed by atoms with E-state index in [0.717, 1.165) is 10.0 Å². The lowest BCUT2D eigenvalue weighted by molar-refractivity contribution is 0.0943. The number of nitrogens with zero attached hydrogens (tertiary/aromatic N) is 1. The molecular formula is C13H13BrN2O2. The monoisotopic (exact) mass is 308 g/mol. The topological polar surface area (TPSA) is 54.3 Å². The Morgan fingerprint density at radius 3 is 2.61 bits per heavy atom. The molecule has 0 aliphatic carbocycles. The summed E-state index contributed by atoms with van der Waals surface area (Å²) in [4.78, 5) is 11.9. The Morgan fingerprint density at radius 2 is 2.06 bits per heavy atom. The van der Waals surface area contributed by atoms with Crippen molar-refractivity contribution < 1.29 is 9.90 Å². The number of carbonyl (C=O) groups excluding carboxylic acids is 1. The average Bonchev–Trinajstić information content (AvgIpc) is 2.67. The summed E-state index contributed by atoms with van der Waals surface area (Å²) in [6.45, 7) is 0.432. The highest BCUT2D eigenvalue weighted by Crippen LogP contribution is 2.14. The van der Waals surface area contributed by atoms with Crippen LogP contribution in [0.15, 0.2) is 41.0 Å². The van der Waals surface area contributed by atoms with Crippen LogP contribution in [0.4, 0.5) is 0 Å². The minimum Gasteiger partial charge on any atom is -0.508 e. The Hall–Kier alpha value is -1.75. The van der Waals surface area contributed by atoms with E-state index in [1.165, 1.54) is 0 Å². The quantitative estimate of drug-likeness (QED) is 0.915. The molecule has 0 aliphatic heterocycles. The molecule has 2 N–H and O–H groups in total. The van der Waals surface area contributed by atoms with Gasteiger partial charge in [-0.2, -0.15) is 0 Å². The van der Waals surface area contributed by atoms with Crippen molar-refractivity contribution in [2.24, 2.45) is 7.05 Å². The largest absolute Gasteiger partial charge is 0.508 e. The molecule has 0 saturated heterocycles. The summed E-state index contributed by atoms with van der Waals surface area (Å²) in [6, 6.07) is 8.51. The zero-order valence-corrected chi connectivity index (χ0v) is 11.4. The number of hydrogen-bond acceptors (Lipinski definition) is 2. The standard InChI is InChI=1S/C13H13BrN2O2/c1-16-8-10(14)6-12(16)13(18)15-7-9-2-4-11(17)5-3-9/h2-6,8,17H,7H2,1H3,(H,15,18). The summed E-state index contributed by atoms with van der Waals surface area (Å²) in [5, 5.41) is 12.0. The number of hydrogen-bond donors (Lipinski definition) is 2. The van der Waals surface area contributed by atoms with Gasteiger partial charge in [-0.05, 0) is 39.7 Å². The lowest BCUT2D eigenvalue weighted by Gasteiger charge is -2.06. The number of nitrogens with one attached hydrogen (secondary N) is 1. The van der Waals surface area contributed by atoms with Crippen molar-refractivity contribution in [1.29, 1.82) is 0 Å². The highest BCUT2D eigenvalue weighted by atomic mass is 79.9. The molecule has 1 amide bonds. The molecule has 0 saturated carbocycles. The lowest BCUT2D eigenvalue weighted by Crippen LogP contribution is -2.24. The summed E-state index contributed by atoms with van der Waals surface area (Å²) in [5.74, 6) is 0.0905. The number of aromatic nitrogens is 1. The van der Waals surface area contributed by atoms with E-state index in [9.17, 15) is 4.79 Å². The SMILES string of the molecule is Cn1cc(Br)cc1C(=O)NCc1ccc(O)cc1. The second kappa shape index (κ2) is 5.27. The van der Waals surface area contributed by atoms with Crippen LogP contribution in [-0.2, 0) is 13.6 Å². The van der Waals surface area contributed by atoms with E-state index >= 15 is 0 Å². The minimum atomic E-state index is -0.128. The first-order chi connectivity index (χ1) is 8.56. The molecule has 0 aliphatic rings. The summed E-state index contributed by atoms with van der Waals surface area (Å²) in [6.07, 6.45) is 1.83. The van der Waals surface area contributed by atoms with Crippen molar-refractivity contribution in [2.75, 3.05) is 0 Å². The van der Waals surface area contributed by atoms with Crippen molar-refractivity contribution in [1.82, 2.24) is 9.88 Å². The lowest BCUT2D eigenvalue weighted by atomic mass is 10.2. The van der Waals surface area contributed by atoms with Gasteiger partial charge in [0.25, 0.3) is 5.91 Å². The number of carbonyl (C=O) groups is 1. The first-order valence-corrected chi connectivity index (χ1v) is 6.23. The maximum absolute atomic E-state index is 11.9. The number of phenolic OH excluding ortho intramolecular Hbond substituents is 1. The number of halogens is 1. The molecule has 0 spiro atoms. The fourth-order valence-corrected chi connectivity index (χ4v) is 2.16. The van der Waals surface area contributed by atoms with E-state index in [-0.39, 0.29) is 11.7 Å². The van der Waals surface area contributed by atoms with Crippen LogP contribution in [-0.4, -0.2) is 15.6 Å². The maximum atomic E-state index is 11.9. The Bertz CT molecular complexity index is 561. The predicted molar refractivity (Wildman–Crippen MR) is 72.4 cm³/mol. The summed E-state index contributed by atoms with van der Waals surface area (Å²) < 4.78 is 2.63. The van der Waals surface area contributed by atoms with Gasteiger partial charge in [-0.1, -0.05) is 12.1 Å². The molecule has 94 valence electrons. The Kier molecular flexibility index (Phi) is 3.72. The van der Waals surface area contributed by atoms with Gasteiger partial charge in [-0.15, -0.1) is 0 Å². The molecule has 0 unspecified atom stereocenters. The third-order valence-corrected chi connectivity index (χ3v) is 3.03. The number of phenols is 1. The second-order valence-electron chi connectivity index (χ2n) is 4.00. The molecule has 18 heavy (non-hydrogen) atoms. The van der Waals surface area contributed by atoms with Gasteiger partial charge in [0.2, 0.25) is 0 Å². The predicted octanol–water partition coefficient (Wildman–Crippen LogP) is 2.42. The van der Waals surface area contributed by atoms with Crippen LogP contribution in [0.25, 0.3) is 0 Å². The molecule has 5 heteroatoms. The van der Waals surface area contributed by atoms with Gasteiger partial charge in [0.05, 0.1) is 0 Å². The summed E-state index contributed by atoms with van der Waals surface area (Å²) in [7, 11) is 1.82. The van der Waals surface area contributed by atoms with Gasteiger partial charge in [0.1, 0.15) is 11.4 Å². The number of amides is 1. The van der Waals surface area contributed by atoms with Gasteiger partial charge in [-0.3, -0.25) is 4.79 Å². The van der Waals surface area contributed by atoms with E-state index in [0.29, 0.717) is 12.2 Å². The van der Waals surface area contributed by atoms with Gasteiger partial charge in [-0.25, -0.2) is 0 Å². The molecule has 2 aromatic rings. The fourth-order valence-electron chi connectivity index (χ4n) is 1.64. The van der Waals surface area contributed by atoms with Gasteiger partial charge >= 0.3 is 0 Å². The normalized spacial score (nSPS) is 10.3. The van der Waals surface area contributed by atoms with Crippen molar-refractivity contribution in [2.45, 2.75) is 6.54 Å². The number of aryl methyl sites for hydroxylation is 1. The maximum Gasteiger partial charge on any atom is 0.268 e. The molecule has 1 heterocycles. The molecule has 0 atom stereocenters. The molecule has 0 fully saturated rings. The van der Waals surface area contributed by atoms with E-state index in [4.69, 9.17) is 5.11 Å². The fraction of sp³-hybridized carbons (Fsp3) is 0.154. The molecule has 1 aromatic heterocycles. The molecule has 0 bridgehead atoms. The van der Waals surface area contributed by atoms with Crippen LogP contribution in [0.5, 0.6) is 5.75 Å². The van der Waals surface area contributed by atoms with Crippen LogP contribution in [0.1, 0.15) is 16.1 Å². The molecule has 4 nitrogen and oxygen atoms in total. The second-order valence-corrected chi connectivity index (χ2v) is 4.92. The number of rotatable bonds is 3.